The Morgan fingerprint density at radius 3 is 2.75 bits per heavy atom. The van der Waals surface area contributed by atoms with Crippen LogP contribution in [0.1, 0.15) is 0 Å². The predicted molar refractivity (Wildman–Crippen MR) is 73.4 cm³/mol. The van der Waals surface area contributed by atoms with Gasteiger partial charge >= 0.3 is 5.69 Å². The molecular weight excluding hydrogens is 280 g/mol. The van der Waals surface area contributed by atoms with Crippen molar-refractivity contribution in [3.8, 4) is 0 Å². The zero-order chi connectivity index (χ0) is 14.1. The van der Waals surface area contributed by atoms with Gasteiger partial charge in [-0.05, 0) is 34.6 Å². The van der Waals surface area contributed by atoms with E-state index in [0.29, 0.717) is 11.2 Å². The standard InChI is InChI=1S/C12H8N4O3S/c13-7-2-1-3-8(6-7)20-10-5-4-9(16(17)18)11-12(10)15-19-14-11/h1-6H,13H2. The van der Waals surface area contributed by atoms with Crippen LogP contribution < -0.4 is 5.73 Å². The smallest absolute Gasteiger partial charge is 0.300 e. The highest BCUT2D eigenvalue weighted by molar-refractivity contribution is 7.99. The largest absolute Gasteiger partial charge is 0.399 e. The van der Waals surface area contributed by atoms with Gasteiger partial charge in [0, 0.05) is 21.5 Å². The molecule has 0 spiro atoms. The minimum absolute atomic E-state index is 0.127. The minimum atomic E-state index is -0.512. The van der Waals surface area contributed by atoms with E-state index in [2.05, 4.69) is 14.9 Å². The molecule has 0 bridgehead atoms. The third-order valence-corrected chi connectivity index (χ3v) is 3.68. The third kappa shape index (κ3) is 2.16. The van der Waals surface area contributed by atoms with Gasteiger partial charge in [-0.3, -0.25) is 10.1 Å². The number of hydrogen-bond donors (Lipinski definition) is 1. The van der Waals surface area contributed by atoms with Gasteiger partial charge in [-0.25, -0.2) is 4.63 Å². The van der Waals surface area contributed by atoms with Crippen molar-refractivity contribution >= 4 is 34.2 Å². The van der Waals surface area contributed by atoms with Gasteiger partial charge in [0.25, 0.3) is 0 Å². The van der Waals surface area contributed by atoms with Crippen molar-refractivity contribution in [1.29, 1.82) is 0 Å². The monoisotopic (exact) mass is 288 g/mol. The maximum atomic E-state index is 10.9. The first-order chi connectivity index (χ1) is 9.65. The van der Waals surface area contributed by atoms with Crippen LogP contribution in [0.25, 0.3) is 11.0 Å². The fourth-order valence-corrected chi connectivity index (χ4v) is 2.73. The molecule has 3 rings (SSSR count). The van der Waals surface area contributed by atoms with Crippen LogP contribution in [-0.2, 0) is 0 Å². The van der Waals surface area contributed by atoms with Crippen molar-refractivity contribution < 1.29 is 9.55 Å². The number of aromatic nitrogens is 2. The van der Waals surface area contributed by atoms with E-state index >= 15 is 0 Å². The van der Waals surface area contributed by atoms with Gasteiger partial charge in [-0.1, -0.05) is 17.8 Å². The summed E-state index contributed by atoms with van der Waals surface area (Å²) in [5, 5.41) is 18.2. The summed E-state index contributed by atoms with van der Waals surface area (Å²) >= 11 is 1.39. The first kappa shape index (κ1) is 12.4. The summed E-state index contributed by atoms with van der Waals surface area (Å²) in [7, 11) is 0. The Bertz CT molecular complexity index is 802. The molecule has 0 aliphatic rings. The summed E-state index contributed by atoms with van der Waals surface area (Å²) in [6.07, 6.45) is 0. The van der Waals surface area contributed by atoms with Crippen LogP contribution in [0.3, 0.4) is 0 Å². The predicted octanol–water partition coefficient (Wildman–Crippen LogP) is 2.86. The Morgan fingerprint density at radius 1 is 1.20 bits per heavy atom. The van der Waals surface area contributed by atoms with Crippen LogP contribution in [-0.4, -0.2) is 15.2 Å². The molecule has 0 saturated heterocycles. The third-order valence-electron chi connectivity index (χ3n) is 2.64. The molecule has 0 fully saturated rings. The quantitative estimate of drug-likeness (QED) is 0.448. The first-order valence-electron chi connectivity index (χ1n) is 5.58. The molecule has 1 heterocycles. The van der Waals surface area contributed by atoms with Gasteiger partial charge in [-0.15, -0.1) is 0 Å². The SMILES string of the molecule is Nc1cccc(Sc2ccc([N+](=O)[O-])c3nonc23)c1. The topological polar surface area (TPSA) is 108 Å². The lowest BCUT2D eigenvalue weighted by molar-refractivity contribution is -0.383. The van der Waals surface area contributed by atoms with Crippen molar-refractivity contribution in [2.45, 2.75) is 9.79 Å². The van der Waals surface area contributed by atoms with Crippen molar-refractivity contribution in [1.82, 2.24) is 10.3 Å². The van der Waals surface area contributed by atoms with Crippen LogP contribution in [0.5, 0.6) is 0 Å². The lowest BCUT2D eigenvalue weighted by Gasteiger charge is -2.02. The number of nitro benzene ring substituents is 1. The van der Waals surface area contributed by atoms with E-state index in [9.17, 15) is 10.1 Å². The molecule has 0 amide bonds. The lowest BCUT2D eigenvalue weighted by atomic mass is 10.3. The molecule has 8 heteroatoms. The maximum Gasteiger partial charge on any atom is 0.300 e. The number of non-ortho nitro benzene ring substituents is 1. The molecule has 100 valence electrons. The Labute approximate surface area is 116 Å². The number of anilines is 1. The van der Waals surface area contributed by atoms with E-state index in [1.54, 1.807) is 12.1 Å². The van der Waals surface area contributed by atoms with Gasteiger partial charge in [-0.2, -0.15) is 0 Å². The molecule has 7 nitrogen and oxygen atoms in total. The van der Waals surface area contributed by atoms with Crippen LogP contribution in [0.4, 0.5) is 11.4 Å². The first-order valence-corrected chi connectivity index (χ1v) is 6.40. The summed E-state index contributed by atoms with van der Waals surface area (Å²) in [5.41, 5.74) is 6.75. The van der Waals surface area contributed by atoms with Crippen molar-refractivity contribution in [3.05, 3.63) is 46.5 Å². The van der Waals surface area contributed by atoms with Gasteiger partial charge in [0.15, 0.2) is 5.52 Å². The average molecular weight is 288 g/mol. The summed E-state index contributed by atoms with van der Waals surface area (Å²) in [6, 6.07) is 10.3. The van der Waals surface area contributed by atoms with Crippen LogP contribution >= 0.6 is 11.8 Å². The number of nitro groups is 1. The molecule has 0 aliphatic carbocycles. The van der Waals surface area contributed by atoms with Crippen LogP contribution in [0.15, 0.2) is 50.8 Å². The molecule has 3 aromatic rings. The summed E-state index contributed by atoms with van der Waals surface area (Å²) in [5.74, 6) is 0. The van der Waals surface area contributed by atoms with Gasteiger partial charge < -0.3 is 5.73 Å². The summed E-state index contributed by atoms with van der Waals surface area (Å²) in [4.78, 5) is 12.0. The van der Waals surface area contributed by atoms with E-state index < -0.39 is 4.92 Å². The van der Waals surface area contributed by atoms with Crippen LogP contribution in [0, 0.1) is 10.1 Å². The zero-order valence-electron chi connectivity index (χ0n) is 10.0. The average Bonchev–Trinajstić information content (AvgIpc) is 2.88. The minimum Gasteiger partial charge on any atom is -0.399 e. The van der Waals surface area contributed by atoms with E-state index in [4.69, 9.17) is 5.73 Å². The van der Waals surface area contributed by atoms with Crippen molar-refractivity contribution in [2.75, 3.05) is 5.73 Å². The fraction of sp³-hybridized carbons (Fsp3) is 0. The Hall–Kier alpha value is -2.61. The second-order valence-electron chi connectivity index (χ2n) is 3.98. The van der Waals surface area contributed by atoms with E-state index in [0.717, 1.165) is 9.79 Å². The molecular formula is C12H8N4O3S. The van der Waals surface area contributed by atoms with Gasteiger partial charge in [0.2, 0.25) is 5.52 Å². The summed E-state index contributed by atoms with van der Waals surface area (Å²) < 4.78 is 4.62. The fourth-order valence-electron chi connectivity index (χ4n) is 1.77. The van der Waals surface area contributed by atoms with Gasteiger partial charge in [0.05, 0.1) is 4.92 Å². The second kappa shape index (κ2) is 4.82. The summed E-state index contributed by atoms with van der Waals surface area (Å²) in [6.45, 7) is 0. The van der Waals surface area contributed by atoms with Crippen molar-refractivity contribution in [2.24, 2.45) is 0 Å². The molecule has 1 aromatic heterocycles. The molecule has 2 N–H and O–H groups in total. The lowest BCUT2D eigenvalue weighted by Crippen LogP contribution is -1.90. The molecule has 0 saturated carbocycles. The molecule has 0 aliphatic heterocycles. The highest BCUT2D eigenvalue weighted by Gasteiger charge is 2.19. The number of hydrogen-bond acceptors (Lipinski definition) is 7. The molecule has 0 atom stereocenters. The van der Waals surface area contributed by atoms with Crippen LogP contribution in [0.2, 0.25) is 0 Å². The molecule has 2 aromatic carbocycles. The number of nitrogens with zero attached hydrogens (tertiary/aromatic N) is 3. The Morgan fingerprint density at radius 2 is 2.00 bits per heavy atom. The Kier molecular flexibility index (Phi) is 2.99. The van der Waals surface area contributed by atoms with Crippen molar-refractivity contribution in [3.63, 3.8) is 0 Å². The number of nitrogen functional groups attached to an aromatic ring is 1. The van der Waals surface area contributed by atoms with E-state index in [1.165, 1.54) is 17.8 Å². The van der Waals surface area contributed by atoms with E-state index in [1.807, 2.05) is 18.2 Å². The van der Waals surface area contributed by atoms with E-state index in [-0.39, 0.29) is 11.2 Å². The highest BCUT2D eigenvalue weighted by atomic mass is 32.2. The normalized spacial score (nSPS) is 10.8. The maximum absolute atomic E-state index is 10.9. The number of benzene rings is 2. The zero-order valence-corrected chi connectivity index (χ0v) is 10.8. The number of rotatable bonds is 3. The molecule has 20 heavy (non-hydrogen) atoms. The van der Waals surface area contributed by atoms with Gasteiger partial charge in [0.1, 0.15) is 0 Å². The molecule has 0 unspecified atom stereocenters. The number of fused-ring (bicyclic) bond motifs is 1. The molecule has 0 radical (unpaired) electrons. The Balaban J connectivity index is 2.07. The second-order valence-corrected chi connectivity index (χ2v) is 5.09. The highest BCUT2D eigenvalue weighted by Crippen LogP contribution is 2.36. The number of nitrogens with two attached hydrogens (primary N) is 1.